The fraction of sp³-hybridized carbons (Fsp3) is 0.583. The largest absolute Gasteiger partial charge is 0.443 e. The van der Waals surface area contributed by atoms with Gasteiger partial charge in [-0.05, 0) is 35.2 Å². The maximum absolute atomic E-state index is 12.0. The van der Waals surface area contributed by atoms with Crippen molar-refractivity contribution in [2.75, 3.05) is 0 Å². The highest BCUT2D eigenvalue weighted by molar-refractivity contribution is 9.10. The van der Waals surface area contributed by atoms with E-state index in [4.69, 9.17) is 9.56 Å². The predicted octanol–water partition coefficient (Wildman–Crippen LogP) is 2.24. The smallest absolute Gasteiger partial charge is 0.287 e. The highest BCUT2D eigenvalue weighted by Gasteiger charge is 2.23. The third-order valence-electron chi connectivity index (χ3n) is 3.02. The molecule has 0 saturated carbocycles. The van der Waals surface area contributed by atoms with E-state index in [2.05, 4.69) is 35.1 Å². The van der Waals surface area contributed by atoms with Gasteiger partial charge in [-0.3, -0.25) is 4.79 Å². The van der Waals surface area contributed by atoms with Crippen LogP contribution in [-0.4, -0.2) is 20.4 Å². The van der Waals surface area contributed by atoms with Crippen molar-refractivity contribution in [3.05, 3.63) is 16.5 Å². The summed E-state index contributed by atoms with van der Waals surface area (Å²) in [5.74, 6) is -0.0538. The minimum Gasteiger partial charge on any atom is -0.443 e. The van der Waals surface area contributed by atoms with E-state index in [1.807, 2.05) is 6.92 Å². The first kappa shape index (κ1) is 17.2. The zero-order valence-corrected chi connectivity index (χ0v) is 14.0. The summed E-state index contributed by atoms with van der Waals surface area (Å²) in [6.45, 7) is 6.08. The molecule has 0 aromatic carbocycles. The minimum atomic E-state index is -3.92. The van der Waals surface area contributed by atoms with E-state index in [0.29, 0.717) is 5.92 Å². The lowest BCUT2D eigenvalue weighted by Crippen LogP contribution is -2.33. The first-order valence-electron chi connectivity index (χ1n) is 6.28. The number of carbonyl (C=O) groups excluding carboxylic acids is 1. The summed E-state index contributed by atoms with van der Waals surface area (Å²) in [4.78, 5) is 11.7. The minimum absolute atomic E-state index is 0.0285. The Labute approximate surface area is 127 Å². The Hall–Kier alpha value is -0.860. The van der Waals surface area contributed by atoms with Gasteiger partial charge in [-0.2, -0.15) is 0 Å². The third-order valence-corrected chi connectivity index (χ3v) is 4.78. The molecule has 0 fully saturated rings. The van der Waals surface area contributed by atoms with Gasteiger partial charge in [-0.25, -0.2) is 13.6 Å². The lowest BCUT2D eigenvalue weighted by atomic mass is 10.0. The lowest BCUT2D eigenvalue weighted by Gasteiger charge is -2.16. The van der Waals surface area contributed by atoms with Crippen LogP contribution < -0.4 is 10.5 Å². The molecule has 0 bridgehead atoms. The van der Waals surface area contributed by atoms with Crippen LogP contribution in [0.4, 0.5) is 0 Å². The molecular weight excluding hydrogens is 348 g/mol. The van der Waals surface area contributed by atoms with E-state index in [0.717, 1.165) is 18.9 Å². The van der Waals surface area contributed by atoms with Crippen LogP contribution in [0.5, 0.6) is 0 Å². The van der Waals surface area contributed by atoms with Crippen LogP contribution in [0, 0.1) is 5.92 Å². The number of furan rings is 1. The third kappa shape index (κ3) is 4.60. The number of nitrogens with one attached hydrogen (secondary N) is 1. The van der Waals surface area contributed by atoms with E-state index < -0.39 is 15.9 Å². The molecule has 0 saturated heterocycles. The molecule has 1 aromatic heterocycles. The highest BCUT2D eigenvalue weighted by atomic mass is 79.9. The Bertz CT molecular complexity index is 582. The van der Waals surface area contributed by atoms with Crippen molar-refractivity contribution < 1.29 is 17.6 Å². The van der Waals surface area contributed by atoms with Gasteiger partial charge in [0.25, 0.3) is 5.91 Å². The van der Waals surface area contributed by atoms with E-state index >= 15 is 0 Å². The Morgan fingerprint density at radius 2 is 2.10 bits per heavy atom. The van der Waals surface area contributed by atoms with Gasteiger partial charge in [-0.15, -0.1) is 0 Å². The molecule has 2 unspecified atom stereocenters. The molecule has 0 aliphatic heterocycles. The van der Waals surface area contributed by atoms with Crippen molar-refractivity contribution in [3.63, 3.8) is 0 Å². The van der Waals surface area contributed by atoms with Crippen LogP contribution in [0.25, 0.3) is 0 Å². The molecule has 1 aromatic rings. The van der Waals surface area contributed by atoms with Gasteiger partial charge in [0.2, 0.25) is 10.0 Å². The van der Waals surface area contributed by atoms with Crippen LogP contribution >= 0.6 is 15.9 Å². The number of rotatable bonds is 6. The molecular formula is C12H19BrN2O4S. The molecule has 0 aliphatic rings. The summed E-state index contributed by atoms with van der Waals surface area (Å²) in [6.07, 6.45) is 1.87. The highest BCUT2D eigenvalue weighted by Crippen LogP contribution is 2.25. The van der Waals surface area contributed by atoms with Crippen molar-refractivity contribution >= 4 is 31.9 Å². The quantitative estimate of drug-likeness (QED) is 0.805. The molecule has 3 N–H and O–H groups in total. The van der Waals surface area contributed by atoms with Crippen LogP contribution in [-0.2, 0) is 10.0 Å². The summed E-state index contributed by atoms with van der Waals surface area (Å²) in [5, 5.41) is 7.77. The van der Waals surface area contributed by atoms with Crippen molar-refractivity contribution in [3.8, 4) is 0 Å². The van der Waals surface area contributed by atoms with Gasteiger partial charge in [0, 0.05) is 12.1 Å². The fourth-order valence-electron chi connectivity index (χ4n) is 1.78. The summed E-state index contributed by atoms with van der Waals surface area (Å²) < 4.78 is 27.5. The van der Waals surface area contributed by atoms with Gasteiger partial charge in [0.1, 0.15) is 4.90 Å². The molecule has 1 heterocycles. The molecule has 0 radical (unpaired) electrons. The zero-order valence-electron chi connectivity index (χ0n) is 11.6. The topological polar surface area (TPSA) is 102 Å². The molecule has 2 atom stereocenters. The molecule has 20 heavy (non-hydrogen) atoms. The number of primary sulfonamides is 1. The molecule has 114 valence electrons. The first-order valence-corrected chi connectivity index (χ1v) is 8.62. The molecule has 0 spiro atoms. The van der Waals surface area contributed by atoms with Crippen LogP contribution in [0.3, 0.4) is 0 Å². The van der Waals surface area contributed by atoms with Gasteiger partial charge < -0.3 is 9.73 Å². The number of amides is 1. The molecule has 1 rings (SSSR count). The predicted molar refractivity (Wildman–Crippen MR) is 78.8 cm³/mol. The Morgan fingerprint density at radius 3 is 2.55 bits per heavy atom. The number of hydrogen-bond acceptors (Lipinski definition) is 4. The number of hydrogen-bond donors (Lipinski definition) is 2. The number of halogens is 1. The van der Waals surface area contributed by atoms with E-state index in [-0.39, 0.29) is 21.4 Å². The Balaban J connectivity index is 2.79. The van der Waals surface area contributed by atoms with E-state index in [1.165, 1.54) is 0 Å². The summed E-state index contributed by atoms with van der Waals surface area (Å²) in [5.41, 5.74) is 0. The lowest BCUT2D eigenvalue weighted by molar-refractivity contribution is 0.0906. The van der Waals surface area contributed by atoms with Crippen molar-refractivity contribution in [2.24, 2.45) is 11.1 Å². The van der Waals surface area contributed by atoms with Gasteiger partial charge >= 0.3 is 0 Å². The molecule has 6 nitrogen and oxygen atoms in total. The maximum Gasteiger partial charge on any atom is 0.287 e. The second-order valence-electron chi connectivity index (χ2n) is 4.92. The monoisotopic (exact) mass is 366 g/mol. The first-order chi connectivity index (χ1) is 9.15. The second-order valence-corrected chi connectivity index (χ2v) is 7.17. The maximum atomic E-state index is 12.0. The molecule has 0 aliphatic carbocycles. The Morgan fingerprint density at radius 1 is 1.50 bits per heavy atom. The zero-order chi connectivity index (χ0) is 15.5. The summed E-state index contributed by atoms with van der Waals surface area (Å²) >= 11 is 2.93. The Kier molecular flexibility index (Phi) is 5.79. The summed E-state index contributed by atoms with van der Waals surface area (Å²) in [7, 11) is -3.92. The number of nitrogens with two attached hydrogens (primary N) is 1. The standard InChI is InChI=1S/C12H19BrN2O4S/c1-4-7(2)5-8(3)15-12(16)9-6-10(11(13)19-9)20(14,17)18/h6-8H,4-5H2,1-3H3,(H,15,16)(H2,14,17,18). The summed E-state index contributed by atoms with van der Waals surface area (Å²) in [6, 6.07) is 1.09. The second kappa shape index (κ2) is 6.73. The van der Waals surface area contributed by atoms with Crippen LogP contribution in [0.15, 0.2) is 20.0 Å². The van der Waals surface area contributed by atoms with Crippen LogP contribution in [0.2, 0.25) is 0 Å². The van der Waals surface area contributed by atoms with Gasteiger partial charge in [0.15, 0.2) is 10.4 Å². The molecule has 1 amide bonds. The van der Waals surface area contributed by atoms with E-state index in [1.54, 1.807) is 0 Å². The average molecular weight is 367 g/mol. The van der Waals surface area contributed by atoms with Crippen LogP contribution in [0.1, 0.15) is 44.2 Å². The van der Waals surface area contributed by atoms with Crippen molar-refractivity contribution in [1.82, 2.24) is 5.32 Å². The average Bonchev–Trinajstić information content (AvgIpc) is 2.70. The molecule has 8 heteroatoms. The normalized spacial score (nSPS) is 14.8. The van der Waals surface area contributed by atoms with Crippen molar-refractivity contribution in [1.29, 1.82) is 0 Å². The number of carbonyl (C=O) groups is 1. The fourth-order valence-corrected chi connectivity index (χ4v) is 3.28. The van der Waals surface area contributed by atoms with E-state index in [9.17, 15) is 13.2 Å². The van der Waals surface area contributed by atoms with Crippen molar-refractivity contribution in [2.45, 2.75) is 44.6 Å². The van der Waals surface area contributed by atoms with Gasteiger partial charge in [0.05, 0.1) is 0 Å². The van der Waals surface area contributed by atoms with Gasteiger partial charge in [-0.1, -0.05) is 20.3 Å². The number of sulfonamides is 1. The SMILES string of the molecule is CCC(C)CC(C)NC(=O)c1cc(S(N)(=O)=O)c(Br)o1.